The number of para-hydroxylation sites is 1. The molecule has 1 atom stereocenters. The SMILES string of the molecule is CCn1c2ccccc2c2cc(NC(=O)c3ncoc3C3CCCO3)ccc21. The fraction of sp³-hybridized carbons (Fsp3) is 0.273. The van der Waals surface area contributed by atoms with Crippen LogP contribution in [0.5, 0.6) is 0 Å². The van der Waals surface area contributed by atoms with E-state index in [1.807, 2.05) is 24.3 Å². The van der Waals surface area contributed by atoms with E-state index in [9.17, 15) is 4.79 Å². The number of ether oxygens (including phenoxy) is 1. The van der Waals surface area contributed by atoms with E-state index in [-0.39, 0.29) is 12.0 Å². The van der Waals surface area contributed by atoms with Crippen LogP contribution < -0.4 is 5.32 Å². The first-order valence-electron chi connectivity index (χ1n) is 9.63. The smallest absolute Gasteiger partial charge is 0.278 e. The summed E-state index contributed by atoms with van der Waals surface area (Å²) in [7, 11) is 0. The highest BCUT2D eigenvalue weighted by molar-refractivity contribution is 6.11. The molecule has 0 spiro atoms. The largest absolute Gasteiger partial charge is 0.445 e. The molecule has 2 aromatic heterocycles. The minimum Gasteiger partial charge on any atom is -0.445 e. The number of hydrogen-bond donors (Lipinski definition) is 1. The minimum atomic E-state index is -0.280. The van der Waals surface area contributed by atoms with Crippen LogP contribution >= 0.6 is 0 Å². The van der Waals surface area contributed by atoms with Gasteiger partial charge in [0.1, 0.15) is 6.10 Å². The van der Waals surface area contributed by atoms with Crippen molar-refractivity contribution in [1.82, 2.24) is 9.55 Å². The van der Waals surface area contributed by atoms with Crippen molar-refractivity contribution in [2.24, 2.45) is 0 Å². The van der Waals surface area contributed by atoms with Crippen LogP contribution in [0.1, 0.15) is 42.1 Å². The fourth-order valence-corrected chi connectivity index (χ4v) is 4.10. The van der Waals surface area contributed by atoms with Crippen molar-refractivity contribution in [3.05, 3.63) is 60.3 Å². The molecule has 28 heavy (non-hydrogen) atoms. The number of anilines is 1. The van der Waals surface area contributed by atoms with Crippen LogP contribution in [0.3, 0.4) is 0 Å². The highest BCUT2D eigenvalue weighted by Crippen LogP contribution is 2.33. The Morgan fingerprint density at radius 3 is 2.89 bits per heavy atom. The van der Waals surface area contributed by atoms with E-state index in [0.29, 0.717) is 18.1 Å². The lowest BCUT2D eigenvalue weighted by Crippen LogP contribution is -2.15. The number of carbonyl (C=O) groups excluding carboxylic acids is 1. The second-order valence-electron chi connectivity index (χ2n) is 7.01. The van der Waals surface area contributed by atoms with Crippen LogP contribution in [0.2, 0.25) is 0 Å². The molecule has 2 aromatic carbocycles. The second-order valence-corrected chi connectivity index (χ2v) is 7.01. The molecule has 0 aliphatic carbocycles. The molecule has 0 radical (unpaired) electrons. The maximum atomic E-state index is 12.8. The number of fused-ring (bicyclic) bond motifs is 3. The summed E-state index contributed by atoms with van der Waals surface area (Å²) in [6.45, 7) is 3.71. The molecule has 0 bridgehead atoms. The van der Waals surface area contributed by atoms with E-state index in [1.165, 1.54) is 17.3 Å². The van der Waals surface area contributed by atoms with Gasteiger partial charge in [0.05, 0.1) is 0 Å². The first-order chi connectivity index (χ1) is 13.8. The van der Waals surface area contributed by atoms with Crippen molar-refractivity contribution >= 4 is 33.4 Å². The molecule has 3 heterocycles. The highest BCUT2D eigenvalue weighted by atomic mass is 16.5. The standard InChI is InChI=1S/C22H21N3O3/c1-2-25-17-7-4-3-6-15(17)16-12-14(9-10-18(16)25)24-22(26)20-21(28-13-23-20)19-8-5-11-27-19/h3-4,6-7,9-10,12-13,19H,2,5,8,11H2,1H3,(H,24,26). The summed E-state index contributed by atoms with van der Waals surface area (Å²) < 4.78 is 13.4. The van der Waals surface area contributed by atoms with Gasteiger partial charge < -0.3 is 19.0 Å². The van der Waals surface area contributed by atoms with Gasteiger partial charge in [-0.2, -0.15) is 0 Å². The predicted molar refractivity (Wildman–Crippen MR) is 108 cm³/mol. The molecule has 6 heteroatoms. The summed E-state index contributed by atoms with van der Waals surface area (Å²) in [4.78, 5) is 16.9. The van der Waals surface area contributed by atoms with Crippen LogP contribution in [-0.2, 0) is 11.3 Å². The van der Waals surface area contributed by atoms with Crippen LogP contribution in [0.25, 0.3) is 21.8 Å². The third-order valence-corrected chi connectivity index (χ3v) is 5.38. The molecule has 5 rings (SSSR count). The van der Waals surface area contributed by atoms with Gasteiger partial charge in [-0.25, -0.2) is 4.98 Å². The van der Waals surface area contributed by atoms with Crippen LogP contribution in [0.15, 0.2) is 53.3 Å². The number of benzene rings is 2. The number of nitrogens with one attached hydrogen (secondary N) is 1. The average molecular weight is 375 g/mol. The van der Waals surface area contributed by atoms with Gasteiger partial charge in [-0.3, -0.25) is 4.79 Å². The van der Waals surface area contributed by atoms with Crippen LogP contribution in [0.4, 0.5) is 5.69 Å². The first-order valence-corrected chi connectivity index (χ1v) is 9.63. The number of nitrogens with zero attached hydrogens (tertiary/aromatic N) is 2. The molecule has 1 saturated heterocycles. The van der Waals surface area contributed by atoms with Crippen molar-refractivity contribution in [3.63, 3.8) is 0 Å². The summed E-state index contributed by atoms with van der Waals surface area (Å²) >= 11 is 0. The first kappa shape index (κ1) is 17.0. The predicted octanol–water partition coefficient (Wildman–Crippen LogP) is 4.91. The van der Waals surface area contributed by atoms with Crippen molar-refractivity contribution in [2.45, 2.75) is 32.4 Å². The molecular formula is C22H21N3O3. The fourth-order valence-electron chi connectivity index (χ4n) is 4.10. The minimum absolute atomic E-state index is 0.187. The monoisotopic (exact) mass is 375 g/mol. The van der Waals surface area contributed by atoms with E-state index >= 15 is 0 Å². The van der Waals surface area contributed by atoms with Gasteiger partial charge in [0.15, 0.2) is 17.8 Å². The number of carbonyl (C=O) groups is 1. The molecule has 142 valence electrons. The molecule has 4 aromatic rings. The summed E-state index contributed by atoms with van der Waals surface area (Å²) in [6.07, 6.45) is 2.93. The van der Waals surface area contributed by atoms with Crippen LogP contribution in [-0.4, -0.2) is 22.1 Å². The van der Waals surface area contributed by atoms with Gasteiger partial charge in [-0.05, 0) is 44.0 Å². The molecule has 1 unspecified atom stereocenters. The lowest BCUT2D eigenvalue weighted by Gasteiger charge is -2.09. The van der Waals surface area contributed by atoms with E-state index in [1.54, 1.807) is 0 Å². The van der Waals surface area contributed by atoms with Gasteiger partial charge in [0, 0.05) is 40.6 Å². The summed E-state index contributed by atoms with van der Waals surface area (Å²) in [5.41, 5.74) is 3.38. The average Bonchev–Trinajstić information content (AvgIpc) is 3.45. The van der Waals surface area contributed by atoms with E-state index in [2.05, 4.69) is 40.0 Å². The maximum absolute atomic E-state index is 12.8. The van der Waals surface area contributed by atoms with Gasteiger partial charge >= 0.3 is 0 Å². The highest BCUT2D eigenvalue weighted by Gasteiger charge is 2.28. The van der Waals surface area contributed by atoms with Gasteiger partial charge in [-0.15, -0.1) is 0 Å². The Hall–Kier alpha value is -3.12. The number of aryl methyl sites for hydroxylation is 1. The zero-order valence-corrected chi connectivity index (χ0v) is 15.6. The van der Waals surface area contributed by atoms with Gasteiger partial charge in [0.2, 0.25) is 0 Å². The molecule has 1 fully saturated rings. The van der Waals surface area contributed by atoms with E-state index < -0.39 is 0 Å². The van der Waals surface area contributed by atoms with E-state index in [4.69, 9.17) is 9.15 Å². The lowest BCUT2D eigenvalue weighted by molar-refractivity contribution is 0.0889. The van der Waals surface area contributed by atoms with Crippen molar-refractivity contribution < 1.29 is 13.9 Å². The third kappa shape index (κ3) is 2.68. The number of rotatable bonds is 4. The quantitative estimate of drug-likeness (QED) is 0.550. The number of aromatic nitrogens is 2. The van der Waals surface area contributed by atoms with Crippen molar-refractivity contribution in [2.75, 3.05) is 11.9 Å². The van der Waals surface area contributed by atoms with Crippen LogP contribution in [0, 0.1) is 0 Å². The number of oxazole rings is 1. The summed E-state index contributed by atoms with van der Waals surface area (Å²) in [5.74, 6) is 0.233. The molecule has 6 nitrogen and oxygen atoms in total. The van der Waals surface area contributed by atoms with Gasteiger partial charge in [-0.1, -0.05) is 18.2 Å². The molecule has 1 aliphatic rings. The third-order valence-electron chi connectivity index (χ3n) is 5.38. The molecule has 1 N–H and O–H groups in total. The Morgan fingerprint density at radius 1 is 1.21 bits per heavy atom. The van der Waals surface area contributed by atoms with Gasteiger partial charge in [0.25, 0.3) is 5.91 Å². The topological polar surface area (TPSA) is 69.3 Å². The zero-order chi connectivity index (χ0) is 19.1. The Labute approximate surface area is 162 Å². The second kappa shape index (κ2) is 6.80. The molecule has 0 saturated carbocycles. The summed E-state index contributed by atoms with van der Waals surface area (Å²) in [5, 5.41) is 5.26. The van der Waals surface area contributed by atoms with E-state index in [0.717, 1.165) is 36.0 Å². The normalized spacial score (nSPS) is 16.8. The van der Waals surface area contributed by atoms with Crippen molar-refractivity contribution in [3.8, 4) is 0 Å². The number of amides is 1. The molecular weight excluding hydrogens is 354 g/mol. The Kier molecular flexibility index (Phi) is 4.13. The molecule has 1 amide bonds. The Bertz CT molecular complexity index is 1170. The lowest BCUT2D eigenvalue weighted by atomic mass is 10.1. The Morgan fingerprint density at radius 2 is 2.07 bits per heavy atom. The Balaban J connectivity index is 1.50. The van der Waals surface area contributed by atoms with Crippen molar-refractivity contribution in [1.29, 1.82) is 0 Å². The summed E-state index contributed by atoms with van der Waals surface area (Å²) in [6, 6.07) is 14.3. The zero-order valence-electron chi connectivity index (χ0n) is 15.6. The number of hydrogen-bond acceptors (Lipinski definition) is 4. The molecule has 1 aliphatic heterocycles. The maximum Gasteiger partial charge on any atom is 0.278 e.